The van der Waals surface area contributed by atoms with Gasteiger partial charge < -0.3 is 10.1 Å². The molecule has 9 heteroatoms. The van der Waals surface area contributed by atoms with Gasteiger partial charge in [0.25, 0.3) is 11.5 Å². The van der Waals surface area contributed by atoms with Crippen molar-refractivity contribution in [2.45, 2.75) is 33.1 Å². The number of H-pyrrole nitrogens is 1. The van der Waals surface area contributed by atoms with Crippen molar-refractivity contribution in [2.75, 3.05) is 12.4 Å². The molecule has 0 radical (unpaired) electrons. The second kappa shape index (κ2) is 7.82. The molecule has 1 amide bonds. The molecule has 1 aromatic carbocycles. The van der Waals surface area contributed by atoms with Crippen molar-refractivity contribution in [1.29, 1.82) is 0 Å². The predicted octanol–water partition coefficient (Wildman–Crippen LogP) is 3.58. The number of rotatable bonds is 4. The van der Waals surface area contributed by atoms with Crippen LogP contribution in [0.4, 0.5) is 5.82 Å². The van der Waals surface area contributed by atoms with Crippen LogP contribution in [-0.4, -0.2) is 32.8 Å². The molecule has 8 nitrogen and oxygen atoms in total. The van der Waals surface area contributed by atoms with Crippen LogP contribution >= 0.6 is 15.9 Å². The molecule has 0 aliphatic carbocycles. The number of benzene rings is 1. The zero-order valence-electron chi connectivity index (χ0n) is 16.8. The first-order valence-corrected chi connectivity index (χ1v) is 9.71. The van der Waals surface area contributed by atoms with E-state index in [4.69, 9.17) is 4.74 Å². The van der Waals surface area contributed by atoms with E-state index in [9.17, 15) is 9.59 Å². The highest BCUT2D eigenvalue weighted by Gasteiger charge is 2.23. The number of aryl methyl sites for hydroxylation is 1. The maximum atomic E-state index is 12.9. The number of aromatic amines is 1. The van der Waals surface area contributed by atoms with E-state index in [0.717, 1.165) is 5.69 Å². The number of halogens is 1. The van der Waals surface area contributed by atoms with E-state index in [1.807, 2.05) is 20.8 Å². The molecule has 0 unspecified atom stereocenters. The molecule has 0 spiro atoms. The normalized spacial score (nSPS) is 11.4. The Kier molecular flexibility index (Phi) is 5.61. The molecule has 3 aromatic rings. The third kappa shape index (κ3) is 4.56. The third-order valence-corrected chi connectivity index (χ3v) is 4.89. The minimum Gasteiger partial charge on any atom is -0.497 e. The summed E-state index contributed by atoms with van der Waals surface area (Å²) in [7, 11) is 1.54. The topological polar surface area (TPSA) is 102 Å². The summed E-state index contributed by atoms with van der Waals surface area (Å²) in [6.45, 7) is 7.75. The van der Waals surface area contributed by atoms with Crippen molar-refractivity contribution in [3.8, 4) is 11.7 Å². The Morgan fingerprint density at radius 1 is 1.24 bits per heavy atom. The summed E-state index contributed by atoms with van der Waals surface area (Å²) in [5, 5.41) is 7.43. The highest BCUT2D eigenvalue weighted by Crippen LogP contribution is 2.27. The number of nitrogens with one attached hydrogen (secondary N) is 2. The number of hydrogen-bond acceptors (Lipinski definition) is 5. The fourth-order valence-electron chi connectivity index (χ4n) is 2.65. The minimum absolute atomic E-state index is 0.227. The number of carbonyl (C=O) groups excluding carboxylic acids is 1. The number of aromatic nitrogens is 4. The highest BCUT2D eigenvalue weighted by atomic mass is 79.9. The first kappa shape index (κ1) is 20.8. The van der Waals surface area contributed by atoms with Gasteiger partial charge >= 0.3 is 0 Å². The molecule has 0 fully saturated rings. The second-order valence-corrected chi connectivity index (χ2v) is 8.44. The van der Waals surface area contributed by atoms with Crippen molar-refractivity contribution < 1.29 is 9.53 Å². The monoisotopic (exact) mass is 459 g/mol. The van der Waals surface area contributed by atoms with E-state index in [2.05, 4.69) is 36.3 Å². The SMILES string of the molecule is COc1ccc(Br)c(C(=O)Nc2cc(C(C)(C)C)nn2-c2nc(C)cc(=O)[nH]2)c1. The molecule has 0 atom stereocenters. The van der Waals surface area contributed by atoms with Crippen LogP contribution in [0.5, 0.6) is 5.75 Å². The van der Waals surface area contributed by atoms with Gasteiger partial charge in [-0.3, -0.25) is 14.6 Å². The molecule has 0 bridgehead atoms. The summed E-state index contributed by atoms with van der Waals surface area (Å²) in [6, 6.07) is 8.30. The lowest BCUT2D eigenvalue weighted by atomic mass is 9.92. The fraction of sp³-hybridized carbons (Fsp3) is 0.300. The van der Waals surface area contributed by atoms with Crippen LogP contribution in [0.3, 0.4) is 0 Å². The van der Waals surface area contributed by atoms with E-state index in [1.165, 1.54) is 17.9 Å². The van der Waals surface area contributed by atoms with Crippen LogP contribution in [-0.2, 0) is 5.41 Å². The Balaban J connectivity index is 2.07. The van der Waals surface area contributed by atoms with E-state index in [0.29, 0.717) is 27.3 Å². The van der Waals surface area contributed by atoms with E-state index in [-0.39, 0.29) is 22.8 Å². The summed E-state index contributed by atoms with van der Waals surface area (Å²) in [5.41, 5.74) is 1.12. The van der Waals surface area contributed by atoms with Crippen molar-refractivity contribution in [2.24, 2.45) is 0 Å². The molecule has 29 heavy (non-hydrogen) atoms. The smallest absolute Gasteiger partial charge is 0.258 e. The number of nitrogens with zero attached hydrogens (tertiary/aromatic N) is 3. The van der Waals surface area contributed by atoms with Gasteiger partial charge in [0.2, 0.25) is 5.95 Å². The average Bonchev–Trinajstić information content (AvgIpc) is 3.05. The minimum atomic E-state index is -0.354. The highest BCUT2D eigenvalue weighted by molar-refractivity contribution is 9.10. The van der Waals surface area contributed by atoms with Gasteiger partial charge in [-0.2, -0.15) is 9.78 Å². The predicted molar refractivity (Wildman–Crippen MR) is 114 cm³/mol. The molecule has 0 saturated carbocycles. The van der Waals surface area contributed by atoms with Gasteiger partial charge in [-0.25, -0.2) is 4.98 Å². The summed E-state index contributed by atoms with van der Waals surface area (Å²) < 4.78 is 7.27. The first-order chi connectivity index (χ1) is 13.6. The maximum absolute atomic E-state index is 12.9. The van der Waals surface area contributed by atoms with Gasteiger partial charge in [0, 0.05) is 27.7 Å². The lowest BCUT2D eigenvalue weighted by Crippen LogP contribution is -2.19. The van der Waals surface area contributed by atoms with Gasteiger partial charge in [-0.05, 0) is 41.1 Å². The average molecular weight is 460 g/mol. The van der Waals surface area contributed by atoms with Crippen LogP contribution < -0.4 is 15.6 Å². The largest absolute Gasteiger partial charge is 0.497 e. The maximum Gasteiger partial charge on any atom is 0.258 e. The Labute approximate surface area is 176 Å². The molecule has 3 rings (SSSR count). The molecule has 2 N–H and O–H groups in total. The molecule has 0 saturated heterocycles. The van der Waals surface area contributed by atoms with E-state index in [1.54, 1.807) is 31.2 Å². The third-order valence-electron chi connectivity index (χ3n) is 4.20. The number of anilines is 1. The molecular formula is C20H22BrN5O3. The summed E-state index contributed by atoms with van der Waals surface area (Å²) in [6.07, 6.45) is 0. The summed E-state index contributed by atoms with van der Waals surface area (Å²) in [4.78, 5) is 31.9. The van der Waals surface area contributed by atoms with Gasteiger partial charge in [-0.15, -0.1) is 0 Å². The van der Waals surface area contributed by atoms with Crippen molar-refractivity contribution in [1.82, 2.24) is 19.7 Å². The molecular weight excluding hydrogens is 438 g/mol. The number of ether oxygens (including phenoxy) is 1. The van der Waals surface area contributed by atoms with Gasteiger partial charge in [0.1, 0.15) is 11.6 Å². The van der Waals surface area contributed by atoms with Crippen molar-refractivity contribution in [3.05, 3.63) is 62.1 Å². The Morgan fingerprint density at radius 3 is 2.59 bits per heavy atom. The quantitative estimate of drug-likeness (QED) is 0.620. The molecule has 0 aliphatic rings. The molecule has 0 aliphatic heterocycles. The van der Waals surface area contributed by atoms with Crippen molar-refractivity contribution >= 4 is 27.7 Å². The van der Waals surface area contributed by atoms with Crippen LogP contribution in [0, 0.1) is 6.92 Å². The molecule has 152 valence electrons. The summed E-state index contributed by atoms with van der Waals surface area (Å²) >= 11 is 3.39. The molecule has 2 aromatic heterocycles. The fourth-order valence-corrected chi connectivity index (χ4v) is 3.08. The van der Waals surface area contributed by atoms with Crippen LogP contribution in [0.15, 0.2) is 39.6 Å². The second-order valence-electron chi connectivity index (χ2n) is 7.59. The van der Waals surface area contributed by atoms with Gasteiger partial charge in [0.05, 0.1) is 18.4 Å². The van der Waals surface area contributed by atoms with Crippen molar-refractivity contribution in [3.63, 3.8) is 0 Å². The Bertz CT molecular complexity index is 1130. The van der Waals surface area contributed by atoms with Crippen LogP contribution in [0.25, 0.3) is 5.95 Å². The first-order valence-electron chi connectivity index (χ1n) is 8.92. The zero-order chi connectivity index (χ0) is 21.3. The van der Waals surface area contributed by atoms with Gasteiger partial charge in [-0.1, -0.05) is 20.8 Å². The molecule has 2 heterocycles. The zero-order valence-corrected chi connectivity index (χ0v) is 18.4. The van der Waals surface area contributed by atoms with Gasteiger partial charge in [0.15, 0.2) is 0 Å². The number of amides is 1. The number of carbonyl (C=O) groups is 1. The van der Waals surface area contributed by atoms with Crippen LogP contribution in [0.1, 0.15) is 42.5 Å². The summed E-state index contributed by atoms with van der Waals surface area (Å²) in [5.74, 6) is 0.827. The van der Waals surface area contributed by atoms with Crippen LogP contribution in [0.2, 0.25) is 0 Å². The Morgan fingerprint density at radius 2 is 1.97 bits per heavy atom. The number of methoxy groups -OCH3 is 1. The number of hydrogen-bond donors (Lipinski definition) is 2. The van der Waals surface area contributed by atoms with E-state index >= 15 is 0 Å². The Hall–Kier alpha value is -2.94. The van der Waals surface area contributed by atoms with E-state index < -0.39 is 0 Å². The standard InChI is InChI=1S/C20H22BrN5O3/c1-11-8-17(27)24-19(22-11)26-16(10-15(25-26)20(2,3)4)23-18(28)13-9-12(29-5)6-7-14(13)21/h6-10H,1-5H3,(H,23,28)(H,22,24,27). The lowest BCUT2D eigenvalue weighted by Gasteiger charge is -2.13. The lowest BCUT2D eigenvalue weighted by molar-refractivity contribution is 0.102.